The van der Waals surface area contributed by atoms with Crippen molar-refractivity contribution >= 4 is 23.7 Å². The largest absolute Gasteiger partial charge is 0.453 e. The Kier molecular flexibility index (Phi) is 2.13. The first-order valence-corrected chi connectivity index (χ1v) is 5.24. The molecule has 18 heavy (non-hydrogen) atoms. The van der Waals surface area contributed by atoms with Crippen LogP contribution in [0.3, 0.4) is 0 Å². The molecule has 1 amide bonds. The topological polar surface area (TPSA) is 76.4 Å². The summed E-state index contributed by atoms with van der Waals surface area (Å²) in [7, 11) is 0. The van der Waals surface area contributed by atoms with E-state index in [0.29, 0.717) is 28.9 Å². The van der Waals surface area contributed by atoms with Crippen LogP contribution in [0.15, 0.2) is 34.7 Å². The van der Waals surface area contributed by atoms with Crippen molar-refractivity contribution in [2.24, 2.45) is 0 Å². The van der Waals surface area contributed by atoms with Gasteiger partial charge in [-0.2, -0.15) is 0 Å². The molecular formula is C13H7NO4. The highest BCUT2D eigenvalue weighted by Gasteiger charge is 2.28. The molecule has 0 radical (unpaired) electrons. The minimum atomic E-state index is -0.629. The fourth-order valence-electron chi connectivity index (χ4n) is 1.87. The summed E-state index contributed by atoms with van der Waals surface area (Å²) in [6, 6.07) is 8.10. The third-order valence-corrected chi connectivity index (χ3v) is 2.75. The van der Waals surface area contributed by atoms with Crippen molar-refractivity contribution in [2.45, 2.75) is 0 Å². The van der Waals surface area contributed by atoms with Gasteiger partial charge in [0.2, 0.25) is 0 Å². The Morgan fingerprint density at radius 3 is 2.67 bits per heavy atom. The average molecular weight is 241 g/mol. The standard InChI is InChI=1S/C13H7NO4/c15-6-8-2-4-11(18-8)7-1-3-10-9(5-7)12(16)13(17)14-10/h1-6H,(H,14,16,17). The van der Waals surface area contributed by atoms with Crippen molar-refractivity contribution in [3.63, 3.8) is 0 Å². The van der Waals surface area contributed by atoms with Gasteiger partial charge in [-0.25, -0.2) is 0 Å². The first kappa shape index (κ1) is 10.5. The van der Waals surface area contributed by atoms with Crippen LogP contribution in [0.4, 0.5) is 5.69 Å². The molecule has 1 aromatic carbocycles. The average Bonchev–Trinajstić information content (AvgIpc) is 2.96. The first-order chi connectivity index (χ1) is 8.69. The lowest BCUT2D eigenvalue weighted by Crippen LogP contribution is -2.12. The number of benzene rings is 1. The number of ketones is 1. The van der Waals surface area contributed by atoms with Gasteiger partial charge in [-0.3, -0.25) is 14.4 Å². The minimum absolute atomic E-state index is 0.214. The third kappa shape index (κ3) is 1.45. The Morgan fingerprint density at radius 2 is 1.94 bits per heavy atom. The lowest BCUT2D eigenvalue weighted by molar-refractivity contribution is -0.112. The molecule has 3 rings (SSSR count). The second-order valence-electron chi connectivity index (χ2n) is 3.86. The van der Waals surface area contributed by atoms with Gasteiger partial charge in [-0.15, -0.1) is 0 Å². The number of rotatable bonds is 2. The van der Waals surface area contributed by atoms with Crippen LogP contribution >= 0.6 is 0 Å². The Labute approximate surface area is 101 Å². The second-order valence-corrected chi connectivity index (χ2v) is 3.86. The van der Waals surface area contributed by atoms with Gasteiger partial charge < -0.3 is 9.73 Å². The monoisotopic (exact) mass is 241 g/mol. The van der Waals surface area contributed by atoms with E-state index < -0.39 is 11.7 Å². The van der Waals surface area contributed by atoms with Gasteiger partial charge in [0.1, 0.15) is 5.76 Å². The number of furan rings is 1. The van der Waals surface area contributed by atoms with Gasteiger partial charge in [0, 0.05) is 5.56 Å². The Balaban J connectivity index is 2.08. The molecule has 88 valence electrons. The van der Waals surface area contributed by atoms with Crippen LogP contribution in [0.1, 0.15) is 20.9 Å². The number of aldehydes is 1. The van der Waals surface area contributed by atoms with Crippen molar-refractivity contribution in [1.82, 2.24) is 0 Å². The number of carbonyl (C=O) groups is 3. The van der Waals surface area contributed by atoms with E-state index in [4.69, 9.17) is 4.42 Å². The van der Waals surface area contributed by atoms with Crippen molar-refractivity contribution in [3.8, 4) is 11.3 Å². The van der Waals surface area contributed by atoms with Crippen LogP contribution in [0.2, 0.25) is 0 Å². The molecule has 1 N–H and O–H groups in total. The molecule has 0 unspecified atom stereocenters. The number of hydrogen-bond acceptors (Lipinski definition) is 4. The number of hydrogen-bond donors (Lipinski definition) is 1. The van der Waals surface area contributed by atoms with Crippen LogP contribution in [0.25, 0.3) is 11.3 Å². The number of fused-ring (bicyclic) bond motifs is 1. The van der Waals surface area contributed by atoms with E-state index in [2.05, 4.69) is 5.32 Å². The van der Waals surface area contributed by atoms with Crippen molar-refractivity contribution in [1.29, 1.82) is 0 Å². The second kappa shape index (κ2) is 3.66. The zero-order valence-electron chi connectivity index (χ0n) is 9.10. The molecule has 0 bridgehead atoms. The highest BCUT2D eigenvalue weighted by Crippen LogP contribution is 2.29. The molecule has 0 spiro atoms. The summed E-state index contributed by atoms with van der Waals surface area (Å²) >= 11 is 0. The van der Waals surface area contributed by atoms with Gasteiger partial charge in [-0.1, -0.05) is 0 Å². The maximum Gasteiger partial charge on any atom is 0.296 e. The molecule has 2 heterocycles. The number of Topliss-reactive ketones (excluding diaryl/α,β-unsaturated/α-hetero) is 1. The minimum Gasteiger partial charge on any atom is -0.453 e. The quantitative estimate of drug-likeness (QED) is 0.643. The lowest BCUT2D eigenvalue weighted by Gasteiger charge is -2.00. The molecule has 5 nitrogen and oxygen atoms in total. The summed E-state index contributed by atoms with van der Waals surface area (Å²) in [5, 5.41) is 2.47. The van der Waals surface area contributed by atoms with Gasteiger partial charge in [-0.05, 0) is 30.3 Å². The molecular weight excluding hydrogens is 234 g/mol. The van der Waals surface area contributed by atoms with E-state index in [-0.39, 0.29) is 5.76 Å². The van der Waals surface area contributed by atoms with E-state index in [1.54, 1.807) is 30.3 Å². The molecule has 0 atom stereocenters. The summed E-state index contributed by atoms with van der Waals surface area (Å²) in [6.45, 7) is 0. The molecule has 2 aromatic rings. The smallest absolute Gasteiger partial charge is 0.296 e. The van der Waals surface area contributed by atoms with E-state index in [1.807, 2.05) is 0 Å². The van der Waals surface area contributed by atoms with Crippen LogP contribution in [0.5, 0.6) is 0 Å². The van der Waals surface area contributed by atoms with Crippen LogP contribution < -0.4 is 5.32 Å². The van der Waals surface area contributed by atoms with Gasteiger partial charge in [0.05, 0.1) is 11.3 Å². The maximum atomic E-state index is 11.5. The van der Waals surface area contributed by atoms with E-state index >= 15 is 0 Å². The Hall–Kier alpha value is -2.69. The Morgan fingerprint density at radius 1 is 1.11 bits per heavy atom. The van der Waals surface area contributed by atoms with Crippen molar-refractivity contribution < 1.29 is 18.8 Å². The fraction of sp³-hybridized carbons (Fsp3) is 0. The molecule has 5 heteroatoms. The summed E-state index contributed by atoms with van der Waals surface area (Å²) in [5.41, 5.74) is 1.46. The zero-order valence-corrected chi connectivity index (χ0v) is 9.10. The van der Waals surface area contributed by atoms with E-state index in [9.17, 15) is 14.4 Å². The predicted octanol–water partition coefficient (Wildman–Crippen LogP) is 1.89. The fourth-order valence-corrected chi connectivity index (χ4v) is 1.87. The van der Waals surface area contributed by atoms with Gasteiger partial charge in [0.15, 0.2) is 12.0 Å². The number of amides is 1. The highest BCUT2D eigenvalue weighted by molar-refractivity contribution is 6.51. The summed E-state index contributed by atoms with van der Waals surface area (Å²) in [4.78, 5) is 33.3. The molecule has 0 saturated heterocycles. The summed E-state index contributed by atoms with van der Waals surface area (Å²) in [5.74, 6) is -0.498. The predicted molar refractivity (Wildman–Crippen MR) is 62.5 cm³/mol. The van der Waals surface area contributed by atoms with Crippen LogP contribution in [0, 0.1) is 0 Å². The maximum absolute atomic E-state index is 11.5. The van der Waals surface area contributed by atoms with Crippen LogP contribution in [-0.2, 0) is 4.79 Å². The number of nitrogens with one attached hydrogen (secondary N) is 1. The zero-order chi connectivity index (χ0) is 12.7. The van der Waals surface area contributed by atoms with E-state index in [0.717, 1.165) is 0 Å². The molecule has 1 aliphatic heterocycles. The van der Waals surface area contributed by atoms with Gasteiger partial charge >= 0.3 is 0 Å². The Bertz CT molecular complexity index is 684. The summed E-state index contributed by atoms with van der Waals surface area (Å²) < 4.78 is 5.26. The van der Waals surface area contributed by atoms with Crippen LogP contribution in [-0.4, -0.2) is 18.0 Å². The normalized spacial score (nSPS) is 13.3. The molecule has 0 aliphatic carbocycles. The third-order valence-electron chi connectivity index (χ3n) is 2.75. The van der Waals surface area contributed by atoms with Crippen molar-refractivity contribution in [2.75, 3.05) is 5.32 Å². The molecule has 0 fully saturated rings. The lowest BCUT2D eigenvalue weighted by atomic mass is 10.1. The molecule has 1 aliphatic rings. The van der Waals surface area contributed by atoms with E-state index in [1.165, 1.54) is 0 Å². The van der Waals surface area contributed by atoms with Gasteiger partial charge in [0.25, 0.3) is 11.7 Å². The highest BCUT2D eigenvalue weighted by atomic mass is 16.3. The summed E-state index contributed by atoms with van der Waals surface area (Å²) in [6.07, 6.45) is 0.604. The SMILES string of the molecule is O=Cc1ccc(-c2ccc3c(c2)C(=O)C(=O)N3)o1. The molecule has 1 aromatic heterocycles. The molecule has 0 saturated carbocycles. The first-order valence-electron chi connectivity index (χ1n) is 5.24. The number of anilines is 1. The van der Waals surface area contributed by atoms with Crippen molar-refractivity contribution in [3.05, 3.63) is 41.7 Å². The number of carbonyl (C=O) groups excluding carboxylic acids is 3.